The number of hydrogen-bond donors (Lipinski definition) is 2. The van der Waals surface area contributed by atoms with Gasteiger partial charge in [-0.15, -0.1) is 0 Å². The summed E-state index contributed by atoms with van der Waals surface area (Å²) in [5.74, 6) is -0.355. The summed E-state index contributed by atoms with van der Waals surface area (Å²) in [5.41, 5.74) is 0. The summed E-state index contributed by atoms with van der Waals surface area (Å²) in [6.45, 7) is 1.70. The number of carbonyl (C=O) groups is 2. The maximum Gasteiger partial charge on any atom is 0.240 e. The Hall–Kier alpha value is -1.61. The van der Waals surface area contributed by atoms with Crippen LogP contribution < -0.4 is 10.6 Å². The highest BCUT2D eigenvalue weighted by Gasteiger charge is 2.18. The number of hydrogen-bond acceptors (Lipinski definition) is 4. The SMILES string of the molecule is N#CCNC(=O)CN1CCCNCC1=O. The van der Waals surface area contributed by atoms with E-state index in [1.165, 1.54) is 4.90 Å². The monoisotopic (exact) mass is 210 g/mol. The van der Waals surface area contributed by atoms with Crippen LogP contribution in [-0.2, 0) is 9.59 Å². The number of rotatable bonds is 3. The van der Waals surface area contributed by atoms with E-state index in [2.05, 4.69) is 10.6 Å². The summed E-state index contributed by atoms with van der Waals surface area (Å²) in [6, 6.07) is 1.81. The maximum absolute atomic E-state index is 11.4. The molecule has 0 aromatic heterocycles. The van der Waals surface area contributed by atoms with Crippen molar-refractivity contribution < 1.29 is 9.59 Å². The molecule has 0 aromatic rings. The summed E-state index contributed by atoms with van der Waals surface area (Å²) in [6.07, 6.45) is 0.845. The average molecular weight is 210 g/mol. The molecular formula is C9H14N4O2. The molecule has 0 unspecified atom stereocenters. The first kappa shape index (κ1) is 11.5. The second-order valence-corrected chi connectivity index (χ2v) is 3.28. The molecule has 0 radical (unpaired) electrons. The van der Waals surface area contributed by atoms with Crippen molar-refractivity contribution >= 4 is 11.8 Å². The Balaban J connectivity index is 2.38. The van der Waals surface area contributed by atoms with Crippen LogP contribution in [0.15, 0.2) is 0 Å². The first-order chi connectivity index (χ1) is 7.24. The van der Waals surface area contributed by atoms with Gasteiger partial charge in [-0.05, 0) is 13.0 Å². The Kier molecular flexibility index (Phi) is 4.57. The zero-order valence-electron chi connectivity index (χ0n) is 8.45. The highest BCUT2D eigenvalue weighted by Crippen LogP contribution is 1.96. The molecule has 0 atom stereocenters. The van der Waals surface area contributed by atoms with Crippen molar-refractivity contribution in [2.24, 2.45) is 0 Å². The molecule has 15 heavy (non-hydrogen) atoms. The smallest absolute Gasteiger partial charge is 0.240 e. The first-order valence-corrected chi connectivity index (χ1v) is 4.86. The molecule has 0 spiro atoms. The van der Waals surface area contributed by atoms with Gasteiger partial charge in [0.2, 0.25) is 11.8 Å². The van der Waals surface area contributed by atoms with Crippen LogP contribution >= 0.6 is 0 Å². The van der Waals surface area contributed by atoms with Crippen LogP contribution in [0, 0.1) is 11.3 Å². The summed E-state index contributed by atoms with van der Waals surface area (Å²) in [5, 5.41) is 13.6. The van der Waals surface area contributed by atoms with Crippen molar-refractivity contribution in [1.82, 2.24) is 15.5 Å². The Labute approximate surface area is 88.2 Å². The van der Waals surface area contributed by atoms with Gasteiger partial charge >= 0.3 is 0 Å². The molecule has 2 amide bonds. The third-order valence-corrected chi connectivity index (χ3v) is 2.11. The quantitative estimate of drug-likeness (QED) is 0.552. The second kappa shape index (κ2) is 5.98. The fourth-order valence-corrected chi connectivity index (χ4v) is 1.36. The molecule has 0 bridgehead atoms. The van der Waals surface area contributed by atoms with E-state index in [0.717, 1.165) is 13.0 Å². The van der Waals surface area contributed by atoms with Gasteiger partial charge in [-0.1, -0.05) is 0 Å². The van der Waals surface area contributed by atoms with E-state index in [1.807, 2.05) is 6.07 Å². The van der Waals surface area contributed by atoms with E-state index in [4.69, 9.17) is 5.26 Å². The Morgan fingerprint density at radius 3 is 3.20 bits per heavy atom. The molecule has 1 heterocycles. The molecule has 1 fully saturated rings. The summed E-state index contributed by atoms with van der Waals surface area (Å²) < 4.78 is 0. The van der Waals surface area contributed by atoms with Gasteiger partial charge in [-0.2, -0.15) is 5.26 Å². The molecule has 0 aliphatic carbocycles. The molecule has 0 saturated carbocycles. The fourth-order valence-electron chi connectivity index (χ4n) is 1.36. The van der Waals surface area contributed by atoms with Crippen molar-refractivity contribution in [3.63, 3.8) is 0 Å². The lowest BCUT2D eigenvalue weighted by Gasteiger charge is -2.18. The highest BCUT2D eigenvalue weighted by atomic mass is 16.2. The van der Waals surface area contributed by atoms with Crippen LogP contribution in [0.4, 0.5) is 0 Å². The normalized spacial score (nSPS) is 16.7. The minimum atomic E-state index is -0.285. The first-order valence-electron chi connectivity index (χ1n) is 4.86. The van der Waals surface area contributed by atoms with Crippen LogP contribution in [0.2, 0.25) is 0 Å². The largest absolute Gasteiger partial charge is 0.341 e. The van der Waals surface area contributed by atoms with E-state index < -0.39 is 0 Å². The molecule has 2 N–H and O–H groups in total. The lowest BCUT2D eigenvalue weighted by atomic mass is 10.4. The highest BCUT2D eigenvalue weighted by molar-refractivity contribution is 5.85. The van der Waals surface area contributed by atoms with Crippen LogP contribution in [0.5, 0.6) is 0 Å². The second-order valence-electron chi connectivity index (χ2n) is 3.28. The average Bonchev–Trinajstić information content (AvgIpc) is 2.42. The van der Waals surface area contributed by atoms with Gasteiger partial charge in [-0.25, -0.2) is 0 Å². The summed E-state index contributed by atoms with van der Waals surface area (Å²) >= 11 is 0. The zero-order chi connectivity index (χ0) is 11.1. The topological polar surface area (TPSA) is 85.2 Å². The molecular weight excluding hydrogens is 196 g/mol. The lowest BCUT2D eigenvalue weighted by Crippen LogP contribution is -2.42. The van der Waals surface area contributed by atoms with Gasteiger partial charge in [0.25, 0.3) is 0 Å². The standard InChI is InChI=1S/C9H14N4O2/c10-2-4-12-8(14)7-13-5-1-3-11-6-9(13)15/h11H,1,3-7H2,(H,12,14). The number of nitrogens with zero attached hydrogens (tertiary/aromatic N) is 2. The van der Waals surface area contributed by atoms with E-state index >= 15 is 0 Å². The molecule has 82 valence electrons. The molecule has 1 saturated heterocycles. The third kappa shape index (κ3) is 3.95. The predicted octanol–water partition coefficient (Wildman–Crippen LogP) is -1.55. The van der Waals surface area contributed by atoms with Crippen molar-refractivity contribution in [3.8, 4) is 6.07 Å². The van der Waals surface area contributed by atoms with Gasteiger partial charge in [0.1, 0.15) is 6.54 Å². The zero-order valence-corrected chi connectivity index (χ0v) is 8.45. The molecule has 1 aliphatic rings. The van der Waals surface area contributed by atoms with Crippen LogP contribution in [-0.4, -0.2) is 49.4 Å². The molecule has 0 aromatic carbocycles. The number of amides is 2. The van der Waals surface area contributed by atoms with Gasteiger partial charge in [-0.3, -0.25) is 9.59 Å². The molecule has 1 rings (SSSR count). The van der Waals surface area contributed by atoms with Crippen LogP contribution in [0.25, 0.3) is 0 Å². The van der Waals surface area contributed by atoms with Crippen LogP contribution in [0.1, 0.15) is 6.42 Å². The Bertz CT molecular complexity index is 284. The predicted molar refractivity (Wildman–Crippen MR) is 52.7 cm³/mol. The van der Waals surface area contributed by atoms with Crippen LogP contribution in [0.3, 0.4) is 0 Å². The van der Waals surface area contributed by atoms with E-state index in [9.17, 15) is 9.59 Å². The minimum Gasteiger partial charge on any atom is -0.341 e. The van der Waals surface area contributed by atoms with Crippen molar-refractivity contribution in [1.29, 1.82) is 5.26 Å². The van der Waals surface area contributed by atoms with Crippen molar-refractivity contribution in [2.75, 3.05) is 32.7 Å². The third-order valence-electron chi connectivity index (χ3n) is 2.11. The van der Waals surface area contributed by atoms with E-state index in [0.29, 0.717) is 6.54 Å². The van der Waals surface area contributed by atoms with Gasteiger partial charge in [0.05, 0.1) is 19.2 Å². The van der Waals surface area contributed by atoms with Gasteiger partial charge in [0, 0.05) is 6.54 Å². The maximum atomic E-state index is 11.4. The van der Waals surface area contributed by atoms with Crippen molar-refractivity contribution in [2.45, 2.75) is 6.42 Å². The van der Waals surface area contributed by atoms with Gasteiger partial charge < -0.3 is 15.5 Å². The summed E-state index contributed by atoms with van der Waals surface area (Å²) in [4.78, 5) is 24.2. The minimum absolute atomic E-state index is 0.0148. The number of nitrogens with one attached hydrogen (secondary N) is 2. The summed E-state index contributed by atoms with van der Waals surface area (Å²) in [7, 11) is 0. The number of nitriles is 1. The van der Waals surface area contributed by atoms with Crippen molar-refractivity contribution in [3.05, 3.63) is 0 Å². The van der Waals surface area contributed by atoms with E-state index in [1.54, 1.807) is 0 Å². The van der Waals surface area contributed by atoms with E-state index in [-0.39, 0.29) is 31.4 Å². The Morgan fingerprint density at radius 1 is 1.67 bits per heavy atom. The lowest BCUT2D eigenvalue weighted by molar-refractivity contribution is -0.134. The molecule has 1 aliphatic heterocycles. The Morgan fingerprint density at radius 2 is 2.47 bits per heavy atom. The number of carbonyl (C=O) groups excluding carboxylic acids is 2. The molecule has 6 heteroatoms. The fraction of sp³-hybridized carbons (Fsp3) is 0.667. The van der Waals surface area contributed by atoms with Gasteiger partial charge in [0.15, 0.2) is 0 Å². The molecule has 6 nitrogen and oxygen atoms in total.